The van der Waals surface area contributed by atoms with Crippen LogP contribution >= 0.6 is 0 Å². The van der Waals surface area contributed by atoms with E-state index in [1.807, 2.05) is 6.07 Å². The molecule has 5 heteroatoms. The molecule has 1 N–H and O–H groups in total. The molecule has 0 fully saturated rings. The van der Waals surface area contributed by atoms with Crippen LogP contribution in [0.15, 0.2) is 59.2 Å². The number of hydrogen-bond acceptors (Lipinski definition) is 2. The first-order valence-corrected chi connectivity index (χ1v) is 6.82. The number of carboxylic acid groups (broad SMARTS) is 1. The van der Waals surface area contributed by atoms with Gasteiger partial charge in [-0.25, -0.2) is 9.18 Å². The van der Waals surface area contributed by atoms with Gasteiger partial charge in [0.15, 0.2) is 0 Å². The Morgan fingerprint density at radius 3 is 2.55 bits per heavy atom. The fraction of sp³-hybridized carbons (Fsp3) is 0.118. The maximum Gasteiger partial charge on any atom is 0.352 e. The van der Waals surface area contributed by atoms with Gasteiger partial charge in [-0.3, -0.25) is 0 Å². The molecule has 0 aliphatic carbocycles. The predicted octanol–water partition coefficient (Wildman–Crippen LogP) is 3.56. The molecule has 4 nitrogen and oxygen atoms in total. The second-order valence-corrected chi connectivity index (χ2v) is 4.98. The van der Waals surface area contributed by atoms with Crippen LogP contribution in [0.3, 0.4) is 0 Å². The third-order valence-corrected chi connectivity index (χ3v) is 3.48. The fourth-order valence-corrected chi connectivity index (χ4v) is 2.40. The zero-order valence-corrected chi connectivity index (χ0v) is 11.7. The molecule has 0 spiro atoms. The lowest BCUT2D eigenvalue weighted by Crippen LogP contribution is -2.12. The maximum atomic E-state index is 13.0. The van der Waals surface area contributed by atoms with Crippen molar-refractivity contribution in [1.82, 2.24) is 4.57 Å². The Morgan fingerprint density at radius 1 is 1.14 bits per heavy atom. The van der Waals surface area contributed by atoms with Gasteiger partial charge in [0.2, 0.25) is 0 Å². The van der Waals surface area contributed by atoms with Crippen LogP contribution in [-0.4, -0.2) is 15.6 Å². The number of aromatic nitrogens is 1. The van der Waals surface area contributed by atoms with E-state index in [1.165, 1.54) is 12.1 Å². The first-order chi connectivity index (χ1) is 10.6. The molecule has 0 radical (unpaired) electrons. The first-order valence-electron chi connectivity index (χ1n) is 6.82. The molecule has 0 amide bonds. The van der Waals surface area contributed by atoms with Crippen LogP contribution in [0.2, 0.25) is 0 Å². The summed E-state index contributed by atoms with van der Waals surface area (Å²) < 4.78 is 20.0. The topological polar surface area (TPSA) is 55.4 Å². The number of carbonyl (C=O) groups is 1. The summed E-state index contributed by atoms with van der Waals surface area (Å²) in [6.07, 6.45) is 2.09. The van der Waals surface area contributed by atoms with Crippen LogP contribution in [-0.2, 0) is 13.0 Å². The molecule has 112 valence electrons. The zero-order valence-electron chi connectivity index (χ0n) is 11.7. The summed E-state index contributed by atoms with van der Waals surface area (Å²) in [5.74, 6) is -0.547. The molecule has 0 unspecified atom stereocenters. The second kappa shape index (κ2) is 5.89. The first kappa shape index (κ1) is 14.1. The highest BCUT2D eigenvalue weighted by Crippen LogP contribution is 2.17. The van der Waals surface area contributed by atoms with Gasteiger partial charge in [0.1, 0.15) is 17.3 Å². The van der Waals surface area contributed by atoms with Crippen LogP contribution in [0.1, 0.15) is 27.5 Å². The third-order valence-electron chi connectivity index (χ3n) is 3.48. The van der Waals surface area contributed by atoms with Crippen molar-refractivity contribution in [1.29, 1.82) is 0 Å². The van der Waals surface area contributed by atoms with Crippen molar-refractivity contribution in [2.24, 2.45) is 0 Å². The van der Waals surface area contributed by atoms with E-state index in [4.69, 9.17) is 4.42 Å². The van der Waals surface area contributed by atoms with Gasteiger partial charge >= 0.3 is 5.97 Å². The molecule has 2 heterocycles. The van der Waals surface area contributed by atoms with Crippen LogP contribution in [0.4, 0.5) is 4.39 Å². The number of carboxylic acids is 1. The molecule has 0 atom stereocenters. The van der Waals surface area contributed by atoms with Gasteiger partial charge in [0, 0.05) is 18.7 Å². The summed E-state index contributed by atoms with van der Waals surface area (Å²) in [5, 5.41) is 9.32. The lowest BCUT2D eigenvalue weighted by Gasteiger charge is -2.11. The van der Waals surface area contributed by atoms with E-state index >= 15 is 0 Å². The molecule has 0 saturated heterocycles. The Balaban J connectivity index is 1.94. The second-order valence-electron chi connectivity index (χ2n) is 4.98. The third kappa shape index (κ3) is 2.93. The van der Waals surface area contributed by atoms with Gasteiger partial charge in [0.25, 0.3) is 0 Å². The largest absolute Gasteiger partial charge is 0.477 e. The van der Waals surface area contributed by atoms with E-state index in [-0.39, 0.29) is 11.5 Å². The van der Waals surface area contributed by atoms with Crippen molar-refractivity contribution in [3.05, 3.63) is 83.3 Å². The lowest BCUT2D eigenvalue weighted by molar-refractivity contribution is 0.0685. The normalized spacial score (nSPS) is 10.8. The molecule has 0 bridgehead atoms. The van der Waals surface area contributed by atoms with E-state index in [0.29, 0.717) is 13.0 Å². The van der Waals surface area contributed by atoms with Gasteiger partial charge in [-0.2, -0.15) is 0 Å². The minimum Gasteiger partial charge on any atom is -0.477 e. The molecule has 22 heavy (non-hydrogen) atoms. The molecule has 2 aromatic heterocycles. The average Bonchev–Trinajstić information content (AvgIpc) is 3.13. The number of benzene rings is 1. The molecular formula is C17H14FNO3. The Kier molecular flexibility index (Phi) is 3.78. The van der Waals surface area contributed by atoms with Crippen molar-refractivity contribution in [3.8, 4) is 0 Å². The van der Waals surface area contributed by atoms with Crippen molar-refractivity contribution < 1.29 is 18.7 Å². The van der Waals surface area contributed by atoms with Crippen molar-refractivity contribution in [3.63, 3.8) is 0 Å². The van der Waals surface area contributed by atoms with E-state index in [2.05, 4.69) is 0 Å². The van der Waals surface area contributed by atoms with Gasteiger partial charge in [0.05, 0.1) is 6.26 Å². The molecule has 3 rings (SSSR count). The number of furan rings is 1. The maximum absolute atomic E-state index is 13.0. The molecular weight excluding hydrogens is 285 g/mol. The van der Waals surface area contributed by atoms with Gasteiger partial charge in [-0.15, -0.1) is 0 Å². The lowest BCUT2D eigenvalue weighted by atomic mass is 10.2. The highest BCUT2D eigenvalue weighted by Gasteiger charge is 2.15. The van der Waals surface area contributed by atoms with Crippen molar-refractivity contribution in [2.75, 3.05) is 0 Å². The molecule has 3 aromatic rings. The Hall–Kier alpha value is -2.82. The average molecular weight is 299 g/mol. The summed E-state index contributed by atoms with van der Waals surface area (Å²) in [5.41, 5.74) is 1.86. The van der Waals surface area contributed by atoms with Crippen LogP contribution < -0.4 is 0 Å². The molecule has 0 saturated carbocycles. The quantitative estimate of drug-likeness (QED) is 0.783. The number of halogens is 1. The number of rotatable bonds is 5. The minimum atomic E-state index is -0.993. The standard InChI is InChI=1S/C17H14FNO3/c18-13-5-3-12(4-6-13)11-19-14(7-8-16(19)17(20)21)10-15-2-1-9-22-15/h1-9H,10-11H2,(H,20,21). The zero-order chi connectivity index (χ0) is 15.5. The minimum absolute atomic E-state index is 0.200. The van der Waals surface area contributed by atoms with Gasteiger partial charge < -0.3 is 14.1 Å². The number of aromatic carboxylic acids is 1. The van der Waals surface area contributed by atoms with Crippen molar-refractivity contribution in [2.45, 2.75) is 13.0 Å². The summed E-state index contributed by atoms with van der Waals surface area (Å²) in [6.45, 7) is 0.366. The van der Waals surface area contributed by atoms with Crippen molar-refractivity contribution >= 4 is 5.97 Å². The number of nitrogens with zero attached hydrogens (tertiary/aromatic N) is 1. The number of hydrogen-bond donors (Lipinski definition) is 1. The van der Waals surface area contributed by atoms with Crippen LogP contribution in [0, 0.1) is 5.82 Å². The summed E-state index contributed by atoms with van der Waals surface area (Å²) in [4.78, 5) is 11.4. The van der Waals surface area contributed by atoms with Gasteiger partial charge in [-0.05, 0) is 42.0 Å². The van der Waals surface area contributed by atoms with E-state index in [9.17, 15) is 14.3 Å². The van der Waals surface area contributed by atoms with E-state index in [0.717, 1.165) is 17.0 Å². The van der Waals surface area contributed by atoms with E-state index in [1.54, 1.807) is 41.2 Å². The summed E-state index contributed by atoms with van der Waals surface area (Å²) in [6, 6.07) is 13.0. The smallest absolute Gasteiger partial charge is 0.352 e. The Labute approximate surface area is 126 Å². The highest BCUT2D eigenvalue weighted by atomic mass is 19.1. The van der Waals surface area contributed by atoms with Gasteiger partial charge in [-0.1, -0.05) is 12.1 Å². The highest BCUT2D eigenvalue weighted by molar-refractivity contribution is 5.86. The monoisotopic (exact) mass is 299 g/mol. The Bertz CT molecular complexity index is 773. The fourth-order valence-electron chi connectivity index (χ4n) is 2.40. The summed E-state index contributed by atoms with van der Waals surface area (Å²) in [7, 11) is 0. The summed E-state index contributed by atoms with van der Waals surface area (Å²) >= 11 is 0. The van der Waals surface area contributed by atoms with Crippen LogP contribution in [0.5, 0.6) is 0 Å². The SMILES string of the molecule is O=C(O)c1ccc(Cc2ccco2)n1Cc1ccc(F)cc1. The Morgan fingerprint density at radius 2 is 1.91 bits per heavy atom. The van der Waals surface area contributed by atoms with E-state index < -0.39 is 5.97 Å². The predicted molar refractivity (Wildman–Crippen MR) is 78.4 cm³/mol. The van der Waals surface area contributed by atoms with Crippen LogP contribution in [0.25, 0.3) is 0 Å². The molecule has 0 aliphatic rings. The molecule has 0 aliphatic heterocycles. The molecule has 1 aromatic carbocycles.